The Kier molecular flexibility index (Phi) is 3.12. The maximum Gasteiger partial charge on any atom is 0.277 e. The van der Waals surface area contributed by atoms with E-state index in [1.165, 1.54) is 6.07 Å². The van der Waals surface area contributed by atoms with Gasteiger partial charge in [-0.25, -0.2) is 4.68 Å². The molecule has 2 aromatic carbocycles. The van der Waals surface area contributed by atoms with Crippen LogP contribution in [0.4, 0.5) is 0 Å². The van der Waals surface area contributed by atoms with Gasteiger partial charge >= 0.3 is 0 Å². The van der Waals surface area contributed by atoms with Crippen LogP contribution in [0.5, 0.6) is 0 Å². The third-order valence-electron chi connectivity index (χ3n) is 2.98. The molecule has 0 radical (unpaired) electrons. The van der Waals surface area contributed by atoms with Crippen molar-refractivity contribution in [3.63, 3.8) is 0 Å². The van der Waals surface area contributed by atoms with Crippen LogP contribution >= 0.6 is 23.2 Å². The third kappa shape index (κ3) is 2.03. The molecule has 0 saturated heterocycles. The molecule has 0 saturated carbocycles. The van der Waals surface area contributed by atoms with E-state index in [0.29, 0.717) is 26.5 Å². The molecular weight excluding hydrogens is 299 g/mol. The molecule has 1 N–H and O–H groups in total. The number of H-pyrrole nitrogens is 1. The Morgan fingerprint density at radius 3 is 2.30 bits per heavy atom. The molecule has 6 heteroatoms. The quantitative estimate of drug-likeness (QED) is 0.751. The van der Waals surface area contributed by atoms with Crippen molar-refractivity contribution >= 4 is 34.0 Å². The van der Waals surface area contributed by atoms with Crippen molar-refractivity contribution in [1.29, 1.82) is 0 Å². The highest BCUT2D eigenvalue weighted by Gasteiger charge is 2.09. The monoisotopic (exact) mass is 306 g/mol. The van der Waals surface area contributed by atoms with Crippen molar-refractivity contribution < 1.29 is 0 Å². The van der Waals surface area contributed by atoms with Gasteiger partial charge < -0.3 is 0 Å². The number of hydrogen-bond acceptors (Lipinski definition) is 2. The van der Waals surface area contributed by atoms with Crippen LogP contribution in [0.25, 0.3) is 16.5 Å². The zero-order valence-electron chi connectivity index (χ0n) is 10.1. The summed E-state index contributed by atoms with van der Waals surface area (Å²) in [7, 11) is 0. The minimum atomic E-state index is -0.341. The van der Waals surface area contributed by atoms with Crippen LogP contribution in [0.1, 0.15) is 0 Å². The Morgan fingerprint density at radius 1 is 0.900 bits per heavy atom. The molecule has 0 aliphatic carbocycles. The van der Waals surface area contributed by atoms with Crippen molar-refractivity contribution in [2.75, 3.05) is 0 Å². The number of nitrogens with one attached hydrogen (secondary N) is 1. The minimum Gasteiger partial charge on any atom is -0.267 e. The smallest absolute Gasteiger partial charge is 0.267 e. The second kappa shape index (κ2) is 4.81. The molecule has 0 amide bonds. The average molecular weight is 307 g/mol. The molecule has 0 fully saturated rings. The van der Waals surface area contributed by atoms with E-state index in [9.17, 15) is 9.59 Å². The minimum absolute atomic E-state index is 0.310. The van der Waals surface area contributed by atoms with Crippen LogP contribution < -0.4 is 11.1 Å². The fraction of sp³-hybridized carbons (Fsp3) is 0. The van der Waals surface area contributed by atoms with Gasteiger partial charge in [-0.2, -0.15) is 0 Å². The molecule has 1 heterocycles. The fourth-order valence-electron chi connectivity index (χ4n) is 2.01. The van der Waals surface area contributed by atoms with Crippen molar-refractivity contribution in [3.05, 3.63) is 73.2 Å². The molecule has 0 unspecified atom stereocenters. The summed E-state index contributed by atoms with van der Waals surface area (Å²) >= 11 is 11.8. The lowest BCUT2D eigenvalue weighted by atomic mass is 10.2. The van der Waals surface area contributed by atoms with Gasteiger partial charge in [0, 0.05) is 0 Å². The van der Waals surface area contributed by atoms with Gasteiger partial charge in [-0.05, 0) is 30.3 Å². The van der Waals surface area contributed by atoms with Gasteiger partial charge in [-0.15, -0.1) is 0 Å². The van der Waals surface area contributed by atoms with E-state index in [1.54, 1.807) is 36.4 Å². The highest BCUT2D eigenvalue weighted by atomic mass is 35.5. The normalized spacial score (nSPS) is 10.9. The van der Waals surface area contributed by atoms with E-state index < -0.39 is 0 Å². The molecule has 3 aromatic rings. The summed E-state index contributed by atoms with van der Waals surface area (Å²) in [5.41, 5.74) is -0.211. The second-order valence-electron chi connectivity index (χ2n) is 4.23. The van der Waals surface area contributed by atoms with Crippen molar-refractivity contribution in [2.24, 2.45) is 0 Å². The molecule has 20 heavy (non-hydrogen) atoms. The standard InChI is InChI=1S/C14H8Cl2N2O2/c15-11-6-5-8(7-12(11)16)18-14(20)10-4-2-1-3-9(10)13(19)17-18/h1-7H,(H,17,19). The summed E-state index contributed by atoms with van der Waals surface area (Å²) in [4.78, 5) is 24.4. The molecule has 0 bridgehead atoms. The summed E-state index contributed by atoms with van der Waals surface area (Å²) in [6.45, 7) is 0. The molecule has 0 spiro atoms. The van der Waals surface area contributed by atoms with E-state index in [-0.39, 0.29) is 11.1 Å². The van der Waals surface area contributed by atoms with Crippen LogP contribution in [-0.2, 0) is 0 Å². The van der Waals surface area contributed by atoms with E-state index in [0.717, 1.165) is 4.68 Å². The molecule has 0 aliphatic heterocycles. The average Bonchev–Trinajstić information content (AvgIpc) is 2.46. The van der Waals surface area contributed by atoms with Gasteiger partial charge in [0.2, 0.25) is 0 Å². The van der Waals surface area contributed by atoms with Gasteiger partial charge in [0.05, 0.1) is 26.5 Å². The molecule has 0 atom stereocenters. The Morgan fingerprint density at radius 2 is 1.60 bits per heavy atom. The van der Waals surface area contributed by atoms with E-state index in [1.807, 2.05) is 0 Å². The molecule has 4 nitrogen and oxygen atoms in total. The highest BCUT2D eigenvalue weighted by molar-refractivity contribution is 6.42. The Hall–Kier alpha value is -2.04. The zero-order chi connectivity index (χ0) is 14.3. The van der Waals surface area contributed by atoms with Crippen molar-refractivity contribution in [2.45, 2.75) is 0 Å². The van der Waals surface area contributed by atoms with Gasteiger partial charge in [0.25, 0.3) is 11.1 Å². The van der Waals surface area contributed by atoms with E-state index in [2.05, 4.69) is 5.10 Å². The Bertz CT molecular complexity index is 928. The Balaban J connectivity index is 2.37. The molecule has 1 aromatic heterocycles. The summed E-state index contributed by atoms with van der Waals surface area (Å²) in [5.74, 6) is 0. The number of hydrogen-bond donors (Lipinski definition) is 1. The lowest BCUT2D eigenvalue weighted by molar-refractivity contribution is 0.802. The number of halogens is 2. The lowest BCUT2D eigenvalue weighted by Crippen LogP contribution is -2.28. The fourth-order valence-corrected chi connectivity index (χ4v) is 2.30. The molecule has 100 valence electrons. The maximum atomic E-state index is 12.4. The first-order chi connectivity index (χ1) is 9.58. The first-order valence-electron chi connectivity index (χ1n) is 5.77. The maximum absolute atomic E-state index is 12.4. The first-order valence-corrected chi connectivity index (χ1v) is 6.53. The summed E-state index contributed by atoms with van der Waals surface area (Å²) in [6, 6.07) is 11.3. The lowest BCUT2D eigenvalue weighted by Gasteiger charge is -2.08. The van der Waals surface area contributed by atoms with Gasteiger partial charge in [-0.3, -0.25) is 14.7 Å². The van der Waals surface area contributed by atoms with Crippen molar-refractivity contribution in [3.8, 4) is 5.69 Å². The number of rotatable bonds is 1. The van der Waals surface area contributed by atoms with Crippen LogP contribution in [0, 0.1) is 0 Å². The first kappa shape index (κ1) is 13.0. The van der Waals surface area contributed by atoms with Crippen LogP contribution in [0.2, 0.25) is 10.0 Å². The Labute approximate surface area is 123 Å². The number of benzene rings is 2. The van der Waals surface area contributed by atoms with Gasteiger partial charge in [-0.1, -0.05) is 35.3 Å². The van der Waals surface area contributed by atoms with Crippen LogP contribution in [0.3, 0.4) is 0 Å². The SMILES string of the molecule is O=c1[nH]n(-c2ccc(Cl)c(Cl)c2)c(=O)c2ccccc12. The third-order valence-corrected chi connectivity index (χ3v) is 3.72. The van der Waals surface area contributed by atoms with Gasteiger partial charge in [0.15, 0.2) is 0 Å². The molecular formula is C14H8Cl2N2O2. The van der Waals surface area contributed by atoms with Crippen LogP contribution in [-0.4, -0.2) is 9.78 Å². The predicted molar refractivity (Wildman–Crippen MR) is 80.2 cm³/mol. The molecule has 3 rings (SSSR count). The highest BCUT2D eigenvalue weighted by Crippen LogP contribution is 2.23. The van der Waals surface area contributed by atoms with Crippen LogP contribution in [0.15, 0.2) is 52.1 Å². The number of aromatic nitrogens is 2. The largest absolute Gasteiger partial charge is 0.277 e. The summed E-state index contributed by atoms with van der Waals surface area (Å²) in [5, 5.41) is 3.92. The van der Waals surface area contributed by atoms with E-state index >= 15 is 0 Å². The predicted octanol–water partition coefficient (Wildman–Crippen LogP) is 2.99. The summed E-state index contributed by atoms with van der Waals surface area (Å²) in [6.07, 6.45) is 0. The zero-order valence-corrected chi connectivity index (χ0v) is 11.6. The number of aromatic amines is 1. The van der Waals surface area contributed by atoms with E-state index in [4.69, 9.17) is 23.2 Å². The topological polar surface area (TPSA) is 54.9 Å². The summed E-state index contributed by atoms with van der Waals surface area (Å²) < 4.78 is 1.16. The second-order valence-corrected chi connectivity index (χ2v) is 5.04. The van der Waals surface area contributed by atoms with Crippen molar-refractivity contribution in [1.82, 2.24) is 9.78 Å². The molecule has 0 aliphatic rings. The van der Waals surface area contributed by atoms with Gasteiger partial charge in [0.1, 0.15) is 0 Å². The number of nitrogens with zero attached hydrogens (tertiary/aromatic N) is 1. The number of fused-ring (bicyclic) bond motifs is 1.